The minimum absolute atomic E-state index is 0.0412. The third kappa shape index (κ3) is 4.71. The van der Waals surface area contributed by atoms with E-state index < -0.39 is 20.0 Å². The number of halogens is 1. The van der Waals surface area contributed by atoms with Gasteiger partial charge in [0.25, 0.3) is 20.0 Å². The van der Waals surface area contributed by atoms with Crippen LogP contribution in [0.5, 0.6) is 0 Å². The number of sulfonamides is 2. The number of benzene rings is 2. The van der Waals surface area contributed by atoms with E-state index in [1.807, 2.05) is 0 Å². The van der Waals surface area contributed by atoms with E-state index in [-0.39, 0.29) is 16.3 Å². The first-order chi connectivity index (χ1) is 12.6. The normalized spacial score (nSPS) is 13.7. The lowest BCUT2D eigenvalue weighted by atomic mass is 9.99. The van der Waals surface area contributed by atoms with E-state index in [0.29, 0.717) is 21.1 Å². The Hall–Kier alpha value is -1.41. The Morgan fingerprint density at radius 3 is 1.70 bits per heavy atom. The summed E-state index contributed by atoms with van der Waals surface area (Å²) in [5, 5.41) is 0.375. The van der Waals surface area contributed by atoms with Crippen molar-refractivity contribution in [2.24, 2.45) is 0 Å². The van der Waals surface area contributed by atoms with Gasteiger partial charge in [-0.05, 0) is 60.7 Å². The van der Waals surface area contributed by atoms with E-state index in [4.69, 9.17) is 11.6 Å². The van der Waals surface area contributed by atoms with Gasteiger partial charge in [0.2, 0.25) is 0 Å². The molecule has 0 radical (unpaired) electrons. The van der Waals surface area contributed by atoms with E-state index in [9.17, 15) is 16.8 Å². The minimum Gasteiger partial charge on any atom is -0.206 e. The Morgan fingerprint density at radius 2 is 1.30 bits per heavy atom. The molecule has 1 atom stereocenters. The average molecular weight is 430 g/mol. The maximum Gasteiger partial charge on any atom is 0.256 e. The summed E-state index contributed by atoms with van der Waals surface area (Å²) in [7, 11) is -8.45. The van der Waals surface area contributed by atoms with Crippen LogP contribution in [0, 0.1) is 0 Å². The zero-order valence-electron chi connectivity index (χ0n) is 15.6. The molecule has 0 aliphatic rings. The van der Waals surface area contributed by atoms with Crippen molar-refractivity contribution in [2.75, 3.05) is 6.54 Å². The van der Waals surface area contributed by atoms with Crippen molar-refractivity contribution in [3.63, 3.8) is 0 Å². The summed E-state index contributed by atoms with van der Waals surface area (Å²) in [6.07, 6.45) is 1.29. The fraction of sp³-hybridized carbons (Fsp3) is 0.368. The van der Waals surface area contributed by atoms with E-state index >= 15 is 0 Å². The molecule has 0 spiro atoms. The first kappa shape index (κ1) is 21.9. The smallest absolute Gasteiger partial charge is 0.206 e. The molecule has 0 fully saturated rings. The van der Waals surface area contributed by atoms with Gasteiger partial charge < -0.3 is 0 Å². The fourth-order valence-corrected chi connectivity index (χ4v) is 6.55. The van der Waals surface area contributed by atoms with Gasteiger partial charge in [0, 0.05) is 11.6 Å². The molecule has 0 saturated carbocycles. The van der Waals surface area contributed by atoms with Gasteiger partial charge >= 0.3 is 0 Å². The molecule has 2 aromatic rings. The maximum absolute atomic E-state index is 13.1. The fourth-order valence-electron chi connectivity index (χ4n) is 2.60. The molecule has 27 heavy (non-hydrogen) atoms. The van der Waals surface area contributed by atoms with Crippen LogP contribution in [0.2, 0.25) is 5.02 Å². The molecule has 0 aromatic heterocycles. The third-order valence-electron chi connectivity index (χ3n) is 4.41. The second kappa shape index (κ2) is 8.73. The zero-order valence-corrected chi connectivity index (χ0v) is 18.0. The van der Waals surface area contributed by atoms with Crippen LogP contribution in [-0.2, 0) is 20.0 Å². The lowest BCUT2D eigenvalue weighted by Crippen LogP contribution is -2.37. The molecular formula is C19H24ClNO4S2. The van der Waals surface area contributed by atoms with Crippen LogP contribution in [0.4, 0.5) is 0 Å². The molecule has 2 aromatic carbocycles. The summed E-state index contributed by atoms with van der Waals surface area (Å²) in [6.45, 7) is 5.70. The predicted molar refractivity (Wildman–Crippen MR) is 108 cm³/mol. The molecule has 0 aliphatic carbocycles. The summed E-state index contributed by atoms with van der Waals surface area (Å²) in [5.41, 5.74) is 1.01. The van der Waals surface area contributed by atoms with Crippen LogP contribution in [0.1, 0.15) is 45.1 Å². The standard InChI is InChI=1S/C19H24ClNO4S2/c1-4-14-21(27(24,25)19-12-8-17(20)9-13-19)26(22,23)18-10-6-16(7-11-18)15(3)5-2/h6-13,15H,4-5,14H2,1-3H3. The van der Waals surface area contributed by atoms with Crippen LogP contribution < -0.4 is 0 Å². The number of hydrogen-bond acceptors (Lipinski definition) is 4. The Morgan fingerprint density at radius 1 is 0.852 bits per heavy atom. The van der Waals surface area contributed by atoms with Gasteiger partial charge in [-0.3, -0.25) is 0 Å². The summed E-state index contributed by atoms with van der Waals surface area (Å²) in [4.78, 5) is -0.152. The maximum atomic E-state index is 13.1. The van der Waals surface area contributed by atoms with Crippen molar-refractivity contribution in [1.29, 1.82) is 0 Å². The van der Waals surface area contributed by atoms with Crippen molar-refractivity contribution in [3.05, 3.63) is 59.1 Å². The molecule has 0 bridgehead atoms. The molecule has 0 saturated heterocycles. The molecule has 0 heterocycles. The van der Waals surface area contributed by atoms with Crippen molar-refractivity contribution >= 4 is 31.6 Å². The highest BCUT2D eigenvalue weighted by Crippen LogP contribution is 2.27. The second-order valence-corrected chi connectivity index (χ2v) is 10.7. The number of rotatable bonds is 8. The number of nitrogens with zero attached hydrogens (tertiary/aromatic N) is 1. The summed E-state index contributed by atoms with van der Waals surface area (Å²) in [6, 6.07) is 11.9. The molecule has 0 aliphatic heterocycles. The van der Waals surface area contributed by atoms with Gasteiger partial charge in [-0.2, -0.15) is 0 Å². The lowest BCUT2D eigenvalue weighted by molar-refractivity contribution is 0.495. The van der Waals surface area contributed by atoms with E-state index in [1.165, 1.54) is 36.4 Å². The van der Waals surface area contributed by atoms with Gasteiger partial charge in [0.05, 0.1) is 9.79 Å². The van der Waals surface area contributed by atoms with Crippen molar-refractivity contribution in [2.45, 2.75) is 49.3 Å². The molecule has 1 unspecified atom stereocenters. The molecule has 8 heteroatoms. The first-order valence-corrected chi connectivity index (χ1v) is 12.0. The van der Waals surface area contributed by atoms with Gasteiger partial charge in [-0.15, -0.1) is 0 Å². The van der Waals surface area contributed by atoms with E-state index in [2.05, 4.69) is 13.8 Å². The highest BCUT2D eigenvalue weighted by Gasteiger charge is 2.35. The van der Waals surface area contributed by atoms with Crippen molar-refractivity contribution in [1.82, 2.24) is 3.71 Å². The van der Waals surface area contributed by atoms with Crippen LogP contribution in [0.3, 0.4) is 0 Å². The number of hydrogen-bond donors (Lipinski definition) is 0. The van der Waals surface area contributed by atoms with Gasteiger partial charge in [-0.25, -0.2) is 16.8 Å². The minimum atomic E-state index is -4.23. The lowest BCUT2D eigenvalue weighted by Gasteiger charge is -2.22. The van der Waals surface area contributed by atoms with Crippen molar-refractivity contribution < 1.29 is 16.8 Å². The summed E-state index contributed by atoms with van der Waals surface area (Å²) < 4.78 is 52.7. The molecular weight excluding hydrogens is 406 g/mol. The van der Waals surface area contributed by atoms with Crippen LogP contribution in [0.25, 0.3) is 0 Å². The second-order valence-electron chi connectivity index (χ2n) is 6.34. The topological polar surface area (TPSA) is 71.5 Å². The predicted octanol–water partition coefficient (Wildman–Crippen LogP) is 4.64. The Kier molecular flexibility index (Phi) is 7.08. The van der Waals surface area contributed by atoms with Gasteiger partial charge in [0.1, 0.15) is 0 Å². The Labute approximate surface area is 167 Å². The van der Waals surface area contributed by atoms with E-state index in [1.54, 1.807) is 19.1 Å². The third-order valence-corrected chi connectivity index (χ3v) is 9.02. The average Bonchev–Trinajstić information content (AvgIpc) is 2.65. The molecule has 148 valence electrons. The van der Waals surface area contributed by atoms with Crippen molar-refractivity contribution in [3.8, 4) is 0 Å². The molecule has 0 amide bonds. The van der Waals surface area contributed by atoms with Gasteiger partial charge in [0.15, 0.2) is 0 Å². The van der Waals surface area contributed by atoms with Crippen LogP contribution >= 0.6 is 11.6 Å². The zero-order chi connectivity index (χ0) is 20.2. The Balaban J connectivity index is 2.49. The molecule has 5 nitrogen and oxygen atoms in total. The molecule has 0 N–H and O–H groups in total. The largest absolute Gasteiger partial charge is 0.256 e. The highest BCUT2D eigenvalue weighted by atomic mass is 35.5. The van der Waals surface area contributed by atoms with Crippen LogP contribution in [-0.4, -0.2) is 27.1 Å². The monoisotopic (exact) mass is 429 g/mol. The first-order valence-electron chi connectivity index (χ1n) is 8.78. The Bertz CT molecular complexity index is 969. The quantitative estimate of drug-likeness (QED) is 0.612. The highest BCUT2D eigenvalue weighted by molar-refractivity contribution is 8.04. The van der Waals surface area contributed by atoms with E-state index in [0.717, 1.165) is 12.0 Å². The SMILES string of the molecule is CCCN(S(=O)(=O)c1ccc(Cl)cc1)S(=O)(=O)c1ccc(C(C)CC)cc1. The van der Waals surface area contributed by atoms with Gasteiger partial charge in [-0.1, -0.05) is 48.2 Å². The summed E-state index contributed by atoms with van der Waals surface area (Å²) >= 11 is 5.81. The summed E-state index contributed by atoms with van der Waals surface area (Å²) in [5.74, 6) is 0.297. The van der Waals surface area contributed by atoms with Crippen LogP contribution in [0.15, 0.2) is 58.3 Å². The molecule has 2 rings (SSSR count).